The van der Waals surface area contributed by atoms with Gasteiger partial charge in [-0.25, -0.2) is 4.79 Å². The smallest absolute Gasteiger partial charge is 0.407 e. The van der Waals surface area contributed by atoms with Crippen molar-refractivity contribution in [3.63, 3.8) is 0 Å². The van der Waals surface area contributed by atoms with Gasteiger partial charge in [0.2, 0.25) is 0 Å². The lowest BCUT2D eigenvalue weighted by atomic mass is 9.75. The number of ether oxygens (including phenoxy) is 2. The number of carbonyl (C=O) groups excluding carboxylic acids is 2. The fraction of sp³-hybridized carbons (Fsp3) is 0.704. The number of hydrogen-bond donors (Lipinski definition) is 2. The minimum absolute atomic E-state index is 0.0296. The van der Waals surface area contributed by atoms with E-state index in [-0.39, 0.29) is 24.0 Å². The number of carbonyl (C=O) groups is 2. The molecular formula is C27H44N2O4. The Kier molecular flexibility index (Phi) is 9.62. The van der Waals surface area contributed by atoms with Crippen LogP contribution in [0.5, 0.6) is 0 Å². The molecule has 0 radical (unpaired) electrons. The molecule has 0 saturated heterocycles. The second-order valence-corrected chi connectivity index (χ2v) is 11.2. The van der Waals surface area contributed by atoms with Crippen LogP contribution >= 0.6 is 0 Å². The number of alkyl carbamates (subject to hydrolysis) is 1. The Hall–Kier alpha value is -2.24. The minimum Gasteiger partial charge on any atom is -0.462 e. The first kappa shape index (κ1) is 27.0. The third-order valence-electron chi connectivity index (χ3n) is 6.45. The summed E-state index contributed by atoms with van der Waals surface area (Å²) in [6.45, 7) is 14.0. The lowest BCUT2D eigenvalue weighted by molar-refractivity contribution is -0.160. The summed E-state index contributed by atoms with van der Waals surface area (Å²) < 4.78 is 11.5. The summed E-state index contributed by atoms with van der Waals surface area (Å²) in [5.41, 5.74) is 6.94. The maximum Gasteiger partial charge on any atom is 0.407 e. The number of nitrogens with one attached hydrogen (secondary N) is 1. The highest BCUT2D eigenvalue weighted by molar-refractivity contribution is 5.73. The minimum atomic E-state index is -0.593. The average Bonchev–Trinajstić information content (AvgIpc) is 2.67. The van der Waals surface area contributed by atoms with E-state index in [9.17, 15) is 9.59 Å². The number of rotatable bonds is 8. The molecule has 1 aliphatic carbocycles. The number of amides is 1. The second-order valence-electron chi connectivity index (χ2n) is 11.2. The van der Waals surface area contributed by atoms with Crippen molar-refractivity contribution >= 4 is 17.7 Å². The van der Waals surface area contributed by atoms with Crippen LogP contribution in [0.25, 0.3) is 0 Å². The van der Waals surface area contributed by atoms with Crippen molar-refractivity contribution in [3.05, 3.63) is 29.8 Å². The predicted octanol–water partition coefficient (Wildman–Crippen LogP) is 5.73. The molecule has 5 atom stereocenters. The molecule has 2 rings (SSSR count). The van der Waals surface area contributed by atoms with Crippen LogP contribution in [0.4, 0.5) is 10.5 Å². The van der Waals surface area contributed by atoms with E-state index < -0.39 is 11.7 Å². The normalized spacial score (nSPS) is 23.0. The number of benzene rings is 1. The molecule has 1 aromatic rings. The molecule has 0 aliphatic heterocycles. The van der Waals surface area contributed by atoms with E-state index in [0.717, 1.165) is 18.4 Å². The summed E-state index contributed by atoms with van der Waals surface area (Å²) in [4.78, 5) is 25.5. The monoisotopic (exact) mass is 460 g/mol. The molecule has 6 nitrogen and oxygen atoms in total. The second kappa shape index (κ2) is 11.8. The largest absolute Gasteiger partial charge is 0.462 e. The SMILES string of the molecule is CC(C)[C@@H]1CC[C@@H](C)C[C@H]1OC(=O)[C@@H](C)C[C@H](Cc1ccc(N)cc1)NC(=O)OC(C)(C)C. The third kappa shape index (κ3) is 9.26. The Morgan fingerprint density at radius 3 is 2.33 bits per heavy atom. The van der Waals surface area contributed by atoms with Crippen LogP contribution in [-0.2, 0) is 20.7 Å². The first-order valence-corrected chi connectivity index (χ1v) is 12.4. The van der Waals surface area contributed by atoms with Crippen LogP contribution in [-0.4, -0.2) is 29.8 Å². The molecule has 1 saturated carbocycles. The number of anilines is 1. The molecule has 3 N–H and O–H groups in total. The van der Waals surface area contributed by atoms with Gasteiger partial charge in [-0.3, -0.25) is 4.79 Å². The summed E-state index contributed by atoms with van der Waals surface area (Å²) in [5, 5.41) is 2.96. The van der Waals surface area contributed by atoms with E-state index in [2.05, 4.69) is 26.1 Å². The highest BCUT2D eigenvalue weighted by Crippen LogP contribution is 2.36. The van der Waals surface area contributed by atoms with Gasteiger partial charge in [-0.2, -0.15) is 0 Å². The number of nitrogen functional groups attached to an aromatic ring is 1. The Balaban J connectivity index is 2.06. The Labute approximate surface area is 200 Å². The van der Waals surface area contributed by atoms with Crippen LogP contribution in [0, 0.1) is 23.7 Å². The van der Waals surface area contributed by atoms with Gasteiger partial charge in [0.05, 0.1) is 5.92 Å². The van der Waals surface area contributed by atoms with E-state index in [1.807, 2.05) is 52.0 Å². The topological polar surface area (TPSA) is 90.6 Å². The quantitative estimate of drug-likeness (QED) is 0.382. The fourth-order valence-corrected chi connectivity index (χ4v) is 4.64. The van der Waals surface area contributed by atoms with Gasteiger partial charge < -0.3 is 20.5 Å². The zero-order chi connectivity index (χ0) is 24.8. The van der Waals surface area contributed by atoms with E-state index in [1.54, 1.807) is 0 Å². The van der Waals surface area contributed by atoms with Crippen LogP contribution in [0.1, 0.15) is 79.7 Å². The molecule has 0 unspecified atom stereocenters. The van der Waals surface area contributed by atoms with Crippen molar-refractivity contribution in [2.24, 2.45) is 23.7 Å². The Morgan fingerprint density at radius 1 is 1.12 bits per heavy atom. The van der Waals surface area contributed by atoms with Crippen LogP contribution in [0.15, 0.2) is 24.3 Å². The molecule has 6 heteroatoms. The molecule has 33 heavy (non-hydrogen) atoms. The molecule has 1 aromatic carbocycles. The highest BCUT2D eigenvalue weighted by Gasteiger charge is 2.35. The average molecular weight is 461 g/mol. The number of esters is 1. The molecular weight excluding hydrogens is 416 g/mol. The van der Waals surface area contributed by atoms with E-state index in [4.69, 9.17) is 15.2 Å². The van der Waals surface area contributed by atoms with Crippen LogP contribution in [0.3, 0.4) is 0 Å². The summed E-state index contributed by atoms with van der Waals surface area (Å²) in [6, 6.07) is 7.30. The van der Waals surface area contributed by atoms with Gasteiger partial charge in [-0.15, -0.1) is 0 Å². The summed E-state index contributed by atoms with van der Waals surface area (Å²) in [7, 11) is 0. The lowest BCUT2D eigenvalue weighted by Crippen LogP contribution is -2.42. The predicted molar refractivity (Wildman–Crippen MR) is 133 cm³/mol. The van der Waals surface area contributed by atoms with Gasteiger partial charge in [0.25, 0.3) is 0 Å². The van der Waals surface area contributed by atoms with Crippen molar-refractivity contribution in [1.82, 2.24) is 5.32 Å². The zero-order valence-electron chi connectivity index (χ0n) is 21.5. The van der Waals surface area contributed by atoms with Gasteiger partial charge in [-0.05, 0) is 81.9 Å². The van der Waals surface area contributed by atoms with Gasteiger partial charge in [-0.1, -0.05) is 46.2 Å². The standard InChI is InChI=1S/C27H44N2O4/c1-17(2)23-13-8-18(3)14-24(23)32-25(30)19(4)15-22(29-26(31)33-27(5,6)7)16-20-9-11-21(28)12-10-20/h9-12,17-19,22-24H,8,13-16,28H2,1-7H3,(H,29,31)/t18-,19+,22-,23+,24-/m1/s1. The Bertz CT molecular complexity index is 769. The van der Waals surface area contributed by atoms with E-state index in [0.29, 0.717) is 36.3 Å². The maximum absolute atomic E-state index is 13.1. The first-order valence-electron chi connectivity index (χ1n) is 12.4. The molecule has 1 fully saturated rings. The number of hydrogen-bond acceptors (Lipinski definition) is 5. The van der Waals surface area contributed by atoms with Crippen LogP contribution < -0.4 is 11.1 Å². The van der Waals surface area contributed by atoms with Gasteiger partial charge in [0.15, 0.2) is 0 Å². The summed E-state index contributed by atoms with van der Waals surface area (Å²) in [5.74, 6) is 0.928. The zero-order valence-corrected chi connectivity index (χ0v) is 21.5. The molecule has 0 spiro atoms. The molecule has 0 aromatic heterocycles. The van der Waals surface area contributed by atoms with E-state index in [1.165, 1.54) is 6.42 Å². The Morgan fingerprint density at radius 2 is 1.76 bits per heavy atom. The maximum atomic E-state index is 13.1. The van der Waals surface area contributed by atoms with Gasteiger partial charge in [0, 0.05) is 11.7 Å². The first-order chi connectivity index (χ1) is 15.3. The summed E-state index contributed by atoms with van der Waals surface area (Å²) in [6.07, 6.45) is 3.75. The third-order valence-corrected chi connectivity index (χ3v) is 6.45. The fourth-order valence-electron chi connectivity index (χ4n) is 4.64. The van der Waals surface area contributed by atoms with Crippen molar-refractivity contribution in [2.45, 2.75) is 98.3 Å². The van der Waals surface area contributed by atoms with Crippen molar-refractivity contribution in [2.75, 3.05) is 5.73 Å². The van der Waals surface area contributed by atoms with Crippen molar-refractivity contribution in [3.8, 4) is 0 Å². The van der Waals surface area contributed by atoms with Crippen molar-refractivity contribution in [1.29, 1.82) is 0 Å². The lowest BCUT2D eigenvalue weighted by Gasteiger charge is -2.37. The summed E-state index contributed by atoms with van der Waals surface area (Å²) >= 11 is 0. The molecule has 0 bridgehead atoms. The molecule has 0 heterocycles. The number of nitrogens with two attached hydrogens (primary N) is 1. The molecule has 1 aliphatic rings. The highest BCUT2D eigenvalue weighted by atomic mass is 16.6. The van der Waals surface area contributed by atoms with Crippen molar-refractivity contribution < 1.29 is 19.1 Å². The van der Waals surface area contributed by atoms with Gasteiger partial charge >= 0.3 is 12.1 Å². The molecule has 186 valence electrons. The van der Waals surface area contributed by atoms with Crippen LogP contribution in [0.2, 0.25) is 0 Å². The molecule has 1 amide bonds. The van der Waals surface area contributed by atoms with Gasteiger partial charge in [0.1, 0.15) is 11.7 Å². The van der Waals surface area contributed by atoms with E-state index >= 15 is 0 Å².